The molecule has 0 bridgehead atoms. The van der Waals surface area contributed by atoms with Crippen molar-refractivity contribution < 1.29 is 4.74 Å². The summed E-state index contributed by atoms with van der Waals surface area (Å²) in [5.41, 5.74) is 1.11. The Labute approximate surface area is 88.4 Å². The largest absolute Gasteiger partial charge is 0.481 e. The van der Waals surface area contributed by atoms with Crippen LogP contribution in [0.4, 0.5) is 0 Å². The minimum absolute atomic E-state index is 0.370. The summed E-state index contributed by atoms with van der Waals surface area (Å²) in [6.45, 7) is 1.07. The second kappa shape index (κ2) is 4.15. The lowest BCUT2D eigenvalue weighted by Gasteiger charge is -2.13. The summed E-state index contributed by atoms with van der Waals surface area (Å²) in [4.78, 5) is 4.14. The number of nitrogens with one attached hydrogen (secondary N) is 1. The number of ether oxygens (including phenoxy) is 1. The van der Waals surface area contributed by atoms with Gasteiger partial charge < -0.3 is 10.1 Å². The number of rotatable bonds is 2. The van der Waals surface area contributed by atoms with E-state index in [4.69, 9.17) is 16.3 Å². The number of hydrogen-bond acceptors (Lipinski definition) is 3. The quantitative estimate of drug-likeness (QED) is 0.763. The molecule has 1 aliphatic rings. The molecular weight excluding hydrogens is 200 g/mol. The van der Waals surface area contributed by atoms with Gasteiger partial charge in [0.2, 0.25) is 5.88 Å². The lowest BCUT2D eigenvalue weighted by molar-refractivity contribution is 0.386. The molecule has 2 heterocycles. The molecule has 1 N–H and O–H groups in total. The van der Waals surface area contributed by atoms with E-state index in [9.17, 15) is 0 Å². The highest BCUT2D eigenvalue weighted by molar-refractivity contribution is 6.29. The SMILES string of the molecule is COc1nc(Cl)ccc1C1CCCN1. The Kier molecular flexibility index (Phi) is 2.89. The van der Waals surface area contributed by atoms with E-state index in [-0.39, 0.29) is 0 Å². The number of aromatic nitrogens is 1. The molecule has 2 rings (SSSR count). The fourth-order valence-electron chi connectivity index (χ4n) is 1.81. The van der Waals surface area contributed by atoms with E-state index in [1.807, 2.05) is 6.07 Å². The van der Waals surface area contributed by atoms with Gasteiger partial charge in [-0.25, -0.2) is 4.98 Å². The van der Waals surface area contributed by atoms with Crippen LogP contribution >= 0.6 is 11.6 Å². The predicted octanol–water partition coefficient (Wildman–Crippen LogP) is 2.17. The molecule has 0 aromatic carbocycles. The third kappa shape index (κ3) is 1.83. The zero-order valence-corrected chi connectivity index (χ0v) is 8.84. The van der Waals surface area contributed by atoms with E-state index in [0.29, 0.717) is 17.1 Å². The molecule has 14 heavy (non-hydrogen) atoms. The molecule has 76 valence electrons. The smallest absolute Gasteiger partial charge is 0.219 e. The van der Waals surface area contributed by atoms with Crippen LogP contribution in [-0.2, 0) is 0 Å². The van der Waals surface area contributed by atoms with Crippen LogP contribution in [0.2, 0.25) is 5.15 Å². The number of pyridine rings is 1. The molecule has 0 radical (unpaired) electrons. The van der Waals surface area contributed by atoms with Crippen LogP contribution in [0, 0.1) is 0 Å². The van der Waals surface area contributed by atoms with Gasteiger partial charge in [0.05, 0.1) is 7.11 Å². The fourth-order valence-corrected chi connectivity index (χ4v) is 1.95. The Balaban J connectivity index is 2.31. The molecule has 0 saturated carbocycles. The van der Waals surface area contributed by atoms with Gasteiger partial charge in [0.25, 0.3) is 0 Å². The second-order valence-corrected chi connectivity index (χ2v) is 3.77. The molecule has 0 amide bonds. The van der Waals surface area contributed by atoms with Crippen LogP contribution in [0.5, 0.6) is 5.88 Å². The molecule has 0 spiro atoms. The summed E-state index contributed by atoms with van der Waals surface area (Å²) in [6, 6.07) is 4.16. The third-order valence-corrected chi connectivity index (χ3v) is 2.70. The van der Waals surface area contributed by atoms with Crippen LogP contribution in [0.3, 0.4) is 0 Å². The van der Waals surface area contributed by atoms with E-state index in [2.05, 4.69) is 10.3 Å². The zero-order valence-electron chi connectivity index (χ0n) is 8.09. The van der Waals surface area contributed by atoms with Crippen molar-refractivity contribution >= 4 is 11.6 Å². The van der Waals surface area contributed by atoms with Crippen molar-refractivity contribution in [3.05, 3.63) is 22.8 Å². The van der Waals surface area contributed by atoms with Crippen LogP contribution in [0.25, 0.3) is 0 Å². The second-order valence-electron chi connectivity index (χ2n) is 3.38. The topological polar surface area (TPSA) is 34.1 Å². The van der Waals surface area contributed by atoms with E-state index in [0.717, 1.165) is 18.5 Å². The number of methoxy groups -OCH3 is 1. The maximum Gasteiger partial charge on any atom is 0.219 e. The number of halogens is 1. The molecule has 1 fully saturated rings. The van der Waals surface area contributed by atoms with Crippen molar-refractivity contribution in [3.63, 3.8) is 0 Å². The Bertz CT molecular complexity index is 324. The number of nitrogens with zero attached hydrogens (tertiary/aromatic N) is 1. The third-order valence-electron chi connectivity index (χ3n) is 2.48. The summed E-state index contributed by atoms with van der Waals surface area (Å²) in [5, 5.41) is 3.88. The summed E-state index contributed by atoms with van der Waals surface area (Å²) in [5.74, 6) is 0.636. The normalized spacial score (nSPS) is 21.1. The molecule has 1 unspecified atom stereocenters. The van der Waals surface area contributed by atoms with Crippen LogP contribution in [0.1, 0.15) is 24.4 Å². The first-order valence-electron chi connectivity index (χ1n) is 4.75. The van der Waals surface area contributed by atoms with Crippen molar-refractivity contribution in [2.45, 2.75) is 18.9 Å². The highest BCUT2D eigenvalue weighted by Gasteiger charge is 2.20. The van der Waals surface area contributed by atoms with Gasteiger partial charge in [-0.1, -0.05) is 11.6 Å². The summed E-state index contributed by atoms with van der Waals surface area (Å²) in [7, 11) is 1.62. The van der Waals surface area contributed by atoms with Gasteiger partial charge >= 0.3 is 0 Å². The van der Waals surface area contributed by atoms with Crippen molar-refractivity contribution in [1.82, 2.24) is 10.3 Å². The maximum atomic E-state index is 5.79. The average molecular weight is 213 g/mol. The molecule has 1 atom stereocenters. The van der Waals surface area contributed by atoms with E-state index < -0.39 is 0 Å². The monoisotopic (exact) mass is 212 g/mol. The highest BCUT2D eigenvalue weighted by Crippen LogP contribution is 2.30. The van der Waals surface area contributed by atoms with E-state index in [1.165, 1.54) is 6.42 Å². The summed E-state index contributed by atoms with van der Waals surface area (Å²) >= 11 is 5.79. The molecule has 3 nitrogen and oxygen atoms in total. The lowest BCUT2D eigenvalue weighted by atomic mass is 10.1. The van der Waals surface area contributed by atoms with Crippen molar-refractivity contribution in [2.24, 2.45) is 0 Å². The Hall–Kier alpha value is -0.800. The first-order chi connectivity index (χ1) is 6.81. The van der Waals surface area contributed by atoms with Gasteiger partial charge in [-0.3, -0.25) is 0 Å². The molecule has 1 aliphatic heterocycles. The van der Waals surface area contributed by atoms with Gasteiger partial charge in [-0.2, -0.15) is 0 Å². The highest BCUT2D eigenvalue weighted by atomic mass is 35.5. The minimum atomic E-state index is 0.370. The number of hydrogen-bond donors (Lipinski definition) is 1. The van der Waals surface area contributed by atoms with E-state index in [1.54, 1.807) is 13.2 Å². The van der Waals surface area contributed by atoms with E-state index >= 15 is 0 Å². The molecule has 1 saturated heterocycles. The minimum Gasteiger partial charge on any atom is -0.481 e. The standard InChI is InChI=1S/C10H13ClN2O/c1-14-10-7(4-5-9(11)13-10)8-3-2-6-12-8/h4-5,8,12H,2-3,6H2,1H3. The van der Waals surface area contributed by atoms with Crippen molar-refractivity contribution in [3.8, 4) is 5.88 Å². The Morgan fingerprint density at radius 3 is 3.07 bits per heavy atom. The Morgan fingerprint density at radius 1 is 1.57 bits per heavy atom. The first kappa shape index (κ1) is 9.74. The molecule has 0 aliphatic carbocycles. The average Bonchev–Trinajstić information content (AvgIpc) is 2.70. The first-order valence-corrected chi connectivity index (χ1v) is 5.13. The Morgan fingerprint density at radius 2 is 2.43 bits per heavy atom. The predicted molar refractivity (Wildman–Crippen MR) is 55.8 cm³/mol. The zero-order chi connectivity index (χ0) is 9.97. The fraction of sp³-hybridized carbons (Fsp3) is 0.500. The lowest BCUT2D eigenvalue weighted by Crippen LogP contribution is -2.14. The van der Waals surface area contributed by atoms with Gasteiger partial charge in [-0.05, 0) is 31.5 Å². The molecule has 4 heteroatoms. The van der Waals surface area contributed by atoms with Crippen molar-refractivity contribution in [2.75, 3.05) is 13.7 Å². The van der Waals surface area contributed by atoms with Crippen LogP contribution < -0.4 is 10.1 Å². The van der Waals surface area contributed by atoms with Crippen molar-refractivity contribution in [1.29, 1.82) is 0 Å². The van der Waals surface area contributed by atoms with Gasteiger partial charge in [-0.15, -0.1) is 0 Å². The van der Waals surface area contributed by atoms with Crippen LogP contribution in [-0.4, -0.2) is 18.6 Å². The van der Waals surface area contributed by atoms with Gasteiger partial charge in [0.15, 0.2) is 0 Å². The van der Waals surface area contributed by atoms with Crippen LogP contribution in [0.15, 0.2) is 12.1 Å². The maximum absolute atomic E-state index is 5.79. The summed E-state index contributed by atoms with van der Waals surface area (Å²) in [6.07, 6.45) is 2.34. The molecule has 1 aromatic rings. The van der Waals surface area contributed by atoms with Gasteiger partial charge in [0, 0.05) is 11.6 Å². The summed E-state index contributed by atoms with van der Waals surface area (Å²) < 4.78 is 5.20. The molecule has 1 aromatic heterocycles. The molecular formula is C10H13ClN2O. The van der Waals surface area contributed by atoms with Gasteiger partial charge in [0.1, 0.15) is 5.15 Å².